The van der Waals surface area contributed by atoms with Crippen molar-refractivity contribution in [1.82, 2.24) is 15.1 Å². The number of amides is 4. The minimum absolute atomic E-state index is 0.293. The van der Waals surface area contributed by atoms with Crippen LogP contribution >= 0.6 is 0 Å². The molecule has 1 fully saturated rings. The molecule has 0 spiro atoms. The Bertz CT molecular complexity index is 784. The first-order valence-corrected chi connectivity index (χ1v) is 8.01. The van der Waals surface area contributed by atoms with Gasteiger partial charge in [-0.2, -0.15) is 5.26 Å². The highest BCUT2D eigenvalue weighted by atomic mass is 16.2. The maximum atomic E-state index is 12.8. The largest absolute Gasteiger partial charge is 0.334 e. The topological polar surface area (TPSA) is 93.5 Å². The summed E-state index contributed by atoms with van der Waals surface area (Å²) in [4.78, 5) is 39.9. The average molecular weight is 352 g/mol. The summed E-state index contributed by atoms with van der Waals surface area (Å²) in [6.07, 6.45) is 3.13. The Morgan fingerprint density at radius 1 is 1.27 bits per heavy atom. The second-order valence-corrected chi connectivity index (χ2v) is 6.01. The Balaban J connectivity index is 2.21. The zero-order valence-electron chi connectivity index (χ0n) is 14.6. The molecule has 2 rings (SSSR count). The van der Waals surface area contributed by atoms with Gasteiger partial charge in [-0.15, -0.1) is 13.2 Å². The van der Waals surface area contributed by atoms with E-state index in [1.165, 1.54) is 4.90 Å². The molecule has 4 amide bonds. The first-order valence-electron chi connectivity index (χ1n) is 8.01. The number of hydrogen-bond donors (Lipinski definition) is 1. The summed E-state index contributed by atoms with van der Waals surface area (Å²) < 4.78 is 0. The van der Waals surface area contributed by atoms with Crippen LogP contribution in [-0.2, 0) is 15.1 Å². The predicted octanol–water partition coefficient (Wildman–Crippen LogP) is 1.53. The number of nitrogens with one attached hydrogen (secondary N) is 1. The SMILES string of the molecule is C=CCN(CC=C)C(=O)CN1C(=O)NC(C)(c2ccc(C#N)cc2)C1=O. The first kappa shape index (κ1) is 18.9. The van der Waals surface area contributed by atoms with E-state index in [0.717, 1.165) is 4.90 Å². The molecule has 26 heavy (non-hydrogen) atoms. The molecule has 1 aromatic rings. The van der Waals surface area contributed by atoms with Gasteiger partial charge in [-0.3, -0.25) is 14.5 Å². The van der Waals surface area contributed by atoms with Gasteiger partial charge >= 0.3 is 6.03 Å². The van der Waals surface area contributed by atoms with Crippen LogP contribution in [0.15, 0.2) is 49.6 Å². The third kappa shape index (κ3) is 3.49. The number of hydrogen-bond acceptors (Lipinski definition) is 4. The van der Waals surface area contributed by atoms with Crippen molar-refractivity contribution in [3.63, 3.8) is 0 Å². The predicted molar refractivity (Wildman–Crippen MR) is 95.7 cm³/mol. The van der Waals surface area contributed by atoms with E-state index in [1.807, 2.05) is 6.07 Å². The lowest BCUT2D eigenvalue weighted by atomic mass is 9.91. The van der Waals surface area contributed by atoms with Gasteiger partial charge in [0.15, 0.2) is 0 Å². The van der Waals surface area contributed by atoms with E-state index in [1.54, 1.807) is 43.3 Å². The number of carbonyl (C=O) groups excluding carboxylic acids is 3. The number of urea groups is 1. The standard InChI is InChI=1S/C19H20N4O3/c1-4-10-22(11-5-2)16(24)13-23-17(25)19(3,21-18(23)26)15-8-6-14(12-20)7-9-15/h4-9H,1-2,10-11,13H2,3H3,(H,21,26). The Kier molecular flexibility index (Phi) is 5.58. The molecule has 0 radical (unpaired) electrons. The van der Waals surface area contributed by atoms with Crippen LogP contribution < -0.4 is 5.32 Å². The van der Waals surface area contributed by atoms with Crippen LogP contribution in [0.3, 0.4) is 0 Å². The van der Waals surface area contributed by atoms with Gasteiger partial charge < -0.3 is 10.2 Å². The fourth-order valence-electron chi connectivity index (χ4n) is 2.74. The molecule has 1 aromatic carbocycles. The molecular weight excluding hydrogens is 332 g/mol. The molecule has 1 aliphatic heterocycles. The minimum atomic E-state index is -1.28. The fraction of sp³-hybridized carbons (Fsp3) is 0.263. The fourth-order valence-corrected chi connectivity index (χ4v) is 2.74. The molecule has 1 N–H and O–H groups in total. The number of nitrogens with zero attached hydrogens (tertiary/aromatic N) is 3. The van der Waals surface area contributed by atoms with Crippen molar-refractivity contribution in [3.8, 4) is 6.07 Å². The van der Waals surface area contributed by atoms with Gasteiger partial charge in [-0.25, -0.2) is 4.79 Å². The first-order chi connectivity index (χ1) is 12.4. The lowest BCUT2D eigenvalue weighted by molar-refractivity contribution is -0.138. The van der Waals surface area contributed by atoms with Crippen molar-refractivity contribution in [2.75, 3.05) is 19.6 Å². The minimum Gasteiger partial charge on any atom is -0.334 e. The third-order valence-electron chi connectivity index (χ3n) is 4.21. The van der Waals surface area contributed by atoms with Crippen LogP contribution in [0, 0.1) is 11.3 Å². The van der Waals surface area contributed by atoms with E-state index in [0.29, 0.717) is 24.2 Å². The molecule has 1 aliphatic rings. The number of nitriles is 1. The van der Waals surface area contributed by atoms with Crippen LogP contribution in [0.1, 0.15) is 18.1 Å². The van der Waals surface area contributed by atoms with Gasteiger partial charge in [-0.1, -0.05) is 24.3 Å². The molecule has 0 aliphatic carbocycles. The summed E-state index contributed by atoms with van der Waals surface area (Å²) in [5.74, 6) is -0.893. The van der Waals surface area contributed by atoms with Gasteiger partial charge in [0.25, 0.3) is 5.91 Å². The summed E-state index contributed by atoms with van der Waals surface area (Å²) in [6.45, 7) is 8.98. The molecule has 1 saturated heterocycles. The van der Waals surface area contributed by atoms with Crippen molar-refractivity contribution in [2.45, 2.75) is 12.5 Å². The summed E-state index contributed by atoms with van der Waals surface area (Å²) in [7, 11) is 0. The zero-order valence-corrected chi connectivity index (χ0v) is 14.6. The van der Waals surface area contributed by atoms with E-state index in [4.69, 9.17) is 5.26 Å². The molecule has 1 heterocycles. The summed E-state index contributed by atoms with van der Waals surface area (Å²) in [5, 5.41) is 11.5. The van der Waals surface area contributed by atoms with Crippen molar-refractivity contribution in [1.29, 1.82) is 5.26 Å². The Morgan fingerprint density at radius 2 is 1.85 bits per heavy atom. The molecule has 0 saturated carbocycles. The molecular formula is C19H20N4O3. The maximum Gasteiger partial charge on any atom is 0.325 e. The molecule has 7 heteroatoms. The second-order valence-electron chi connectivity index (χ2n) is 6.01. The average Bonchev–Trinajstić information content (AvgIpc) is 2.85. The maximum absolute atomic E-state index is 12.8. The van der Waals surface area contributed by atoms with Crippen LogP contribution in [0.4, 0.5) is 4.79 Å². The van der Waals surface area contributed by atoms with E-state index < -0.39 is 17.5 Å². The number of imide groups is 1. The monoisotopic (exact) mass is 352 g/mol. The van der Waals surface area contributed by atoms with Crippen molar-refractivity contribution < 1.29 is 14.4 Å². The molecule has 7 nitrogen and oxygen atoms in total. The lowest BCUT2D eigenvalue weighted by Gasteiger charge is -2.24. The Labute approximate surface area is 152 Å². The van der Waals surface area contributed by atoms with Crippen LogP contribution in [0.5, 0.6) is 0 Å². The number of carbonyl (C=O) groups is 3. The molecule has 134 valence electrons. The smallest absolute Gasteiger partial charge is 0.325 e. The highest BCUT2D eigenvalue weighted by Crippen LogP contribution is 2.29. The van der Waals surface area contributed by atoms with E-state index in [9.17, 15) is 14.4 Å². The van der Waals surface area contributed by atoms with Gasteiger partial charge in [0.1, 0.15) is 12.1 Å². The third-order valence-corrected chi connectivity index (χ3v) is 4.21. The van der Waals surface area contributed by atoms with Crippen LogP contribution in [-0.4, -0.2) is 47.3 Å². The quantitative estimate of drug-likeness (QED) is 0.595. The number of rotatable bonds is 7. The number of benzene rings is 1. The van der Waals surface area contributed by atoms with Crippen molar-refractivity contribution in [3.05, 3.63) is 60.7 Å². The summed E-state index contributed by atoms with van der Waals surface area (Å²) >= 11 is 0. The highest BCUT2D eigenvalue weighted by molar-refractivity contribution is 6.09. The van der Waals surface area contributed by atoms with Crippen LogP contribution in [0.2, 0.25) is 0 Å². The van der Waals surface area contributed by atoms with Gasteiger partial charge in [0, 0.05) is 13.1 Å². The van der Waals surface area contributed by atoms with Gasteiger partial charge in [0.2, 0.25) is 5.91 Å². The normalized spacial score (nSPS) is 18.8. The zero-order chi connectivity index (χ0) is 19.3. The Hall–Kier alpha value is -3.40. The molecule has 1 unspecified atom stereocenters. The second kappa shape index (κ2) is 7.66. The van der Waals surface area contributed by atoms with Crippen molar-refractivity contribution >= 4 is 17.8 Å². The highest BCUT2D eigenvalue weighted by Gasteiger charge is 2.49. The molecule has 0 aromatic heterocycles. The van der Waals surface area contributed by atoms with Gasteiger partial charge in [0.05, 0.1) is 11.6 Å². The van der Waals surface area contributed by atoms with Gasteiger partial charge in [-0.05, 0) is 24.6 Å². The molecule has 0 bridgehead atoms. The summed E-state index contributed by atoms with van der Waals surface area (Å²) in [6, 6.07) is 7.74. The van der Waals surface area contributed by atoms with Crippen LogP contribution in [0.25, 0.3) is 0 Å². The van der Waals surface area contributed by atoms with Crippen molar-refractivity contribution in [2.24, 2.45) is 0 Å². The van der Waals surface area contributed by atoms with E-state index in [2.05, 4.69) is 18.5 Å². The molecule has 1 atom stereocenters. The van der Waals surface area contributed by atoms with E-state index in [-0.39, 0.29) is 12.5 Å². The lowest BCUT2D eigenvalue weighted by Crippen LogP contribution is -2.44. The summed E-state index contributed by atoms with van der Waals surface area (Å²) in [5.41, 5.74) is -0.294. The van der Waals surface area contributed by atoms with E-state index >= 15 is 0 Å². The Morgan fingerprint density at radius 3 is 2.35 bits per heavy atom.